The summed E-state index contributed by atoms with van der Waals surface area (Å²) in [5.41, 5.74) is 5.34. The SMILES string of the molecule is CC(N)(CCc1ccc(CCCCCC2CCCCC2)s1)COP(=O)(O)O. The quantitative estimate of drug-likeness (QED) is 0.321. The molecule has 1 aliphatic rings. The normalized spacial score (nSPS) is 18.5. The van der Waals surface area contributed by atoms with Crippen molar-refractivity contribution in [3.8, 4) is 0 Å². The van der Waals surface area contributed by atoms with Crippen molar-refractivity contribution in [1.82, 2.24) is 0 Å². The Hall–Kier alpha value is -0.230. The van der Waals surface area contributed by atoms with Crippen molar-refractivity contribution in [2.24, 2.45) is 11.7 Å². The van der Waals surface area contributed by atoms with Crippen LogP contribution in [-0.2, 0) is 21.9 Å². The number of hydrogen-bond acceptors (Lipinski definition) is 4. The Labute approximate surface area is 167 Å². The molecule has 0 aromatic carbocycles. The van der Waals surface area contributed by atoms with Gasteiger partial charge in [0.25, 0.3) is 0 Å². The molecule has 0 aliphatic heterocycles. The Balaban J connectivity index is 1.60. The highest BCUT2D eigenvalue weighted by Gasteiger charge is 2.24. The summed E-state index contributed by atoms with van der Waals surface area (Å²) >= 11 is 1.83. The van der Waals surface area contributed by atoms with Crippen molar-refractivity contribution >= 4 is 19.2 Å². The van der Waals surface area contributed by atoms with Gasteiger partial charge in [-0.3, -0.25) is 4.52 Å². The van der Waals surface area contributed by atoms with E-state index in [1.54, 1.807) is 6.92 Å². The topological polar surface area (TPSA) is 92.8 Å². The van der Waals surface area contributed by atoms with Gasteiger partial charge in [0, 0.05) is 15.3 Å². The standard InChI is InChI=1S/C20H36NO4PS/c1-20(21,16-25-26(22,23)24)15-14-19-13-12-18(27-19)11-7-3-6-10-17-8-4-2-5-9-17/h12-13,17H,2-11,14-16,21H2,1H3,(H2,22,23,24). The monoisotopic (exact) mass is 417 g/mol. The highest BCUT2D eigenvalue weighted by atomic mass is 32.1. The zero-order valence-electron chi connectivity index (χ0n) is 16.6. The molecule has 0 radical (unpaired) electrons. The molecule has 1 saturated carbocycles. The molecule has 1 aromatic rings. The predicted octanol–water partition coefficient (Wildman–Crippen LogP) is 5.19. The maximum Gasteiger partial charge on any atom is 0.469 e. The molecule has 1 aromatic heterocycles. The summed E-state index contributed by atoms with van der Waals surface area (Å²) < 4.78 is 15.4. The van der Waals surface area contributed by atoms with E-state index in [-0.39, 0.29) is 6.61 Å². The molecule has 0 saturated heterocycles. The second-order valence-corrected chi connectivity index (χ2v) is 10.9. The maximum atomic E-state index is 10.8. The summed E-state index contributed by atoms with van der Waals surface area (Å²) in [6.07, 6.45) is 15.2. The third-order valence-corrected chi connectivity index (χ3v) is 7.15. The highest BCUT2D eigenvalue weighted by molar-refractivity contribution is 7.46. The first-order valence-electron chi connectivity index (χ1n) is 10.3. The maximum absolute atomic E-state index is 10.8. The van der Waals surface area contributed by atoms with Gasteiger partial charge in [-0.05, 0) is 50.7 Å². The molecule has 0 amide bonds. The van der Waals surface area contributed by atoms with Crippen LogP contribution in [0.5, 0.6) is 0 Å². The fourth-order valence-electron chi connectivity index (χ4n) is 3.79. The van der Waals surface area contributed by atoms with Gasteiger partial charge in [0.15, 0.2) is 0 Å². The lowest BCUT2D eigenvalue weighted by atomic mass is 9.85. The third kappa shape index (κ3) is 10.2. The molecule has 4 N–H and O–H groups in total. The summed E-state index contributed by atoms with van der Waals surface area (Å²) in [6, 6.07) is 4.36. The minimum atomic E-state index is -4.46. The van der Waals surface area contributed by atoms with E-state index in [2.05, 4.69) is 16.7 Å². The largest absolute Gasteiger partial charge is 0.469 e. The minimum absolute atomic E-state index is 0.142. The minimum Gasteiger partial charge on any atom is -0.323 e. The van der Waals surface area contributed by atoms with Gasteiger partial charge < -0.3 is 15.5 Å². The average molecular weight is 418 g/mol. The van der Waals surface area contributed by atoms with Crippen molar-refractivity contribution in [3.63, 3.8) is 0 Å². The van der Waals surface area contributed by atoms with Crippen LogP contribution >= 0.6 is 19.2 Å². The molecule has 1 heterocycles. The summed E-state index contributed by atoms with van der Waals surface area (Å²) in [6.45, 7) is 1.62. The Kier molecular flexibility index (Phi) is 9.46. The van der Waals surface area contributed by atoms with Crippen LogP contribution in [0.2, 0.25) is 0 Å². The summed E-state index contributed by atoms with van der Waals surface area (Å²) in [4.78, 5) is 20.3. The molecule has 1 atom stereocenters. The molecule has 0 spiro atoms. The molecule has 1 aliphatic carbocycles. The predicted molar refractivity (Wildman–Crippen MR) is 112 cm³/mol. The molecule has 1 unspecified atom stereocenters. The van der Waals surface area contributed by atoms with Crippen LogP contribution in [0.15, 0.2) is 12.1 Å². The summed E-state index contributed by atoms with van der Waals surface area (Å²) in [5, 5.41) is 0. The number of nitrogens with two attached hydrogens (primary N) is 1. The van der Waals surface area contributed by atoms with Gasteiger partial charge in [-0.25, -0.2) is 4.57 Å². The second-order valence-electron chi connectivity index (χ2n) is 8.39. The smallest absolute Gasteiger partial charge is 0.323 e. The van der Waals surface area contributed by atoms with Gasteiger partial charge in [-0.1, -0.05) is 51.4 Å². The van der Waals surface area contributed by atoms with Crippen molar-refractivity contribution in [2.75, 3.05) is 6.61 Å². The number of hydrogen-bond donors (Lipinski definition) is 3. The van der Waals surface area contributed by atoms with Gasteiger partial charge in [-0.2, -0.15) is 0 Å². The van der Waals surface area contributed by atoms with Crippen LogP contribution in [0.1, 0.15) is 80.9 Å². The van der Waals surface area contributed by atoms with E-state index in [9.17, 15) is 4.57 Å². The third-order valence-electron chi connectivity index (χ3n) is 5.48. The number of unbranched alkanes of at least 4 members (excludes halogenated alkanes) is 2. The molecule has 0 bridgehead atoms. The van der Waals surface area contributed by atoms with E-state index >= 15 is 0 Å². The van der Waals surface area contributed by atoms with Gasteiger partial charge in [-0.15, -0.1) is 11.3 Å². The summed E-state index contributed by atoms with van der Waals surface area (Å²) in [7, 11) is -4.46. The van der Waals surface area contributed by atoms with E-state index in [0.717, 1.165) is 18.8 Å². The molecule has 2 rings (SSSR count). The Morgan fingerprint density at radius 2 is 1.81 bits per heavy atom. The van der Waals surface area contributed by atoms with Crippen LogP contribution in [0.4, 0.5) is 0 Å². The number of rotatable bonds is 12. The van der Waals surface area contributed by atoms with Gasteiger partial charge in [0.2, 0.25) is 0 Å². The lowest BCUT2D eigenvalue weighted by Crippen LogP contribution is -2.41. The first-order chi connectivity index (χ1) is 12.7. The number of phosphoric acid groups is 1. The lowest BCUT2D eigenvalue weighted by molar-refractivity contribution is 0.154. The molecular weight excluding hydrogens is 381 g/mol. The Bertz CT molecular complexity index is 593. The van der Waals surface area contributed by atoms with E-state index in [1.165, 1.54) is 67.5 Å². The molecule has 1 fully saturated rings. The van der Waals surface area contributed by atoms with Crippen LogP contribution < -0.4 is 5.73 Å². The van der Waals surface area contributed by atoms with Crippen molar-refractivity contribution in [2.45, 2.75) is 89.5 Å². The number of phosphoric ester groups is 1. The van der Waals surface area contributed by atoms with Crippen molar-refractivity contribution in [1.29, 1.82) is 0 Å². The molecule has 156 valence electrons. The van der Waals surface area contributed by atoms with Crippen molar-refractivity contribution in [3.05, 3.63) is 21.9 Å². The van der Waals surface area contributed by atoms with Crippen molar-refractivity contribution < 1.29 is 18.9 Å². The van der Waals surface area contributed by atoms with E-state index in [1.807, 2.05) is 11.3 Å². The molecular formula is C20H36NO4PS. The molecule has 7 heteroatoms. The van der Waals surface area contributed by atoms with E-state index < -0.39 is 13.4 Å². The van der Waals surface area contributed by atoms with E-state index in [0.29, 0.717) is 6.42 Å². The number of thiophene rings is 1. The first-order valence-corrected chi connectivity index (χ1v) is 12.6. The second kappa shape index (κ2) is 11.1. The Morgan fingerprint density at radius 3 is 2.48 bits per heavy atom. The summed E-state index contributed by atoms with van der Waals surface area (Å²) in [5.74, 6) is 0.993. The van der Waals surface area contributed by atoms with Crippen LogP contribution in [-0.4, -0.2) is 21.9 Å². The fourth-order valence-corrected chi connectivity index (χ4v) is 5.31. The zero-order chi connectivity index (χ0) is 19.8. The first kappa shape index (κ1) is 23.1. The van der Waals surface area contributed by atoms with Crippen LogP contribution in [0.25, 0.3) is 0 Å². The average Bonchev–Trinajstić information content (AvgIpc) is 3.07. The van der Waals surface area contributed by atoms with Gasteiger partial charge >= 0.3 is 7.82 Å². The molecule has 27 heavy (non-hydrogen) atoms. The zero-order valence-corrected chi connectivity index (χ0v) is 18.3. The van der Waals surface area contributed by atoms with E-state index in [4.69, 9.17) is 15.5 Å². The van der Waals surface area contributed by atoms with Gasteiger partial charge in [0.1, 0.15) is 0 Å². The fraction of sp³-hybridized carbons (Fsp3) is 0.800. The van der Waals surface area contributed by atoms with Crippen LogP contribution in [0, 0.1) is 5.92 Å². The van der Waals surface area contributed by atoms with Gasteiger partial charge in [0.05, 0.1) is 6.61 Å². The highest BCUT2D eigenvalue weighted by Crippen LogP contribution is 2.37. The number of aryl methyl sites for hydroxylation is 2. The lowest BCUT2D eigenvalue weighted by Gasteiger charge is -2.24. The molecule has 5 nitrogen and oxygen atoms in total. The van der Waals surface area contributed by atoms with Crippen LogP contribution in [0.3, 0.4) is 0 Å². The Morgan fingerprint density at radius 1 is 1.15 bits per heavy atom.